The van der Waals surface area contributed by atoms with Crippen molar-refractivity contribution in [1.82, 2.24) is 4.90 Å². The third kappa shape index (κ3) is 5.35. The number of nitrogens with two attached hydrogens (primary N) is 1. The smallest absolute Gasteiger partial charge is 0.100 e. The van der Waals surface area contributed by atoms with Crippen LogP contribution in [0.5, 0.6) is 0 Å². The molecule has 0 bridgehead atoms. The summed E-state index contributed by atoms with van der Waals surface area (Å²) in [7, 11) is 0. The lowest BCUT2D eigenvalue weighted by atomic mass is 10.1. The molecule has 98 valence electrons. The number of rotatable bonds is 9. The fraction of sp³-hybridized carbons (Fsp3) is 0.786. The van der Waals surface area contributed by atoms with Crippen molar-refractivity contribution < 1.29 is 0 Å². The fourth-order valence-corrected chi connectivity index (χ4v) is 2.27. The molecule has 0 amide bonds. The molecule has 3 heteroatoms. The Morgan fingerprint density at radius 1 is 1.35 bits per heavy atom. The van der Waals surface area contributed by atoms with Crippen molar-refractivity contribution in [2.24, 2.45) is 10.7 Å². The summed E-state index contributed by atoms with van der Waals surface area (Å²) < 4.78 is 0. The van der Waals surface area contributed by atoms with Gasteiger partial charge in [-0.3, -0.25) is 4.99 Å². The molecule has 1 heterocycles. The maximum Gasteiger partial charge on any atom is 0.100 e. The van der Waals surface area contributed by atoms with Gasteiger partial charge in [-0.25, -0.2) is 0 Å². The molecule has 2 N–H and O–H groups in total. The van der Waals surface area contributed by atoms with Crippen molar-refractivity contribution in [3.63, 3.8) is 0 Å². The van der Waals surface area contributed by atoms with Crippen molar-refractivity contribution in [3.05, 3.63) is 12.7 Å². The molecule has 0 fully saturated rings. The molecule has 0 aromatic rings. The molecule has 0 aromatic carbocycles. The van der Waals surface area contributed by atoms with Crippen LogP contribution in [0.2, 0.25) is 0 Å². The largest absolute Gasteiger partial charge is 0.343 e. The molecule has 0 aromatic heterocycles. The highest BCUT2D eigenvalue weighted by Crippen LogP contribution is 2.13. The van der Waals surface area contributed by atoms with Gasteiger partial charge < -0.3 is 10.6 Å². The van der Waals surface area contributed by atoms with E-state index in [1.54, 1.807) is 0 Å². The summed E-state index contributed by atoms with van der Waals surface area (Å²) in [6.07, 6.45) is 10.9. The third-order valence-electron chi connectivity index (χ3n) is 3.27. The highest BCUT2D eigenvalue weighted by molar-refractivity contribution is 5.83. The summed E-state index contributed by atoms with van der Waals surface area (Å²) in [5.74, 6) is 1.23. The van der Waals surface area contributed by atoms with Gasteiger partial charge in [0, 0.05) is 13.0 Å². The molecule has 0 saturated carbocycles. The lowest BCUT2D eigenvalue weighted by molar-refractivity contribution is 0.358. The number of hydrogen-bond acceptors (Lipinski definition) is 3. The average molecular weight is 237 g/mol. The van der Waals surface area contributed by atoms with E-state index in [-0.39, 0.29) is 6.17 Å². The maximum absolute atomic E-state index is 5.91. The van der Waals surface area contributed by atoms with E-state index in [4.69, 9.17) is 5.73 Å². The summed E-state index contributed by atoms with van der Waals surface area (Å²) in [4.78, 5) is 6.77. The average Bonchev–Trinajstić information content (AvgIpc) is 2.76. The quantitative estimate of drug-likeness (QED) is 0.495. The van der Waals surface area contributed by atoms with Crippen molar-refractivity contribution in [2.75, 3.05) is 13.1 Å². The van der Waals surface area contributed by atoms with Gasteiger partial charge in [0.2, 0.25) is 0 Å². The Morgan fingerprint density at radius 3 is 2.76 bits per heavy atom. The SMILES string of the molecule is C=CCCCCCCCC1=NCCN1C(C)N. The number of aliphatic imine (C=N–C) groups is 1. The molecule has 0 aliphatic carbocycles. The van der Waals surface area contributed by atoms with Gasteiger partial charge in [0.15, 0.2) is 0 Å². The van der Waals surface area contributed by atoms with E-state index in [1.807, 2.05) is 13.0 Å². The van der Waals surface area contributed by atoms with Gasteiger partial charge in [-0.1, -0.05) is 25.3 Å². The van der Waals surface area contributed by atoms with Crippen molar-refractivity contribution in [1.29, 1.82) is 0 Å². The van der Waals surface area contributed by atoms with Crippen LogP contribution in [0, 0.1) is 0 Å². The zero-order chi connectivity index (χ0) is 12.5. The lowest BCUT2D eigenvalue weighted by Crippen LogP contribution is -2.41. The monoisotopic (exact) mass is 237 g/mol. The Bertz CT molecular complexity index is 246. The van der Waals surface area contributed by atoms with Gasteiger partial charge in [0.1, 0.15) is 5.84 Å². The van der Waals surface area contributed by atoms with Crippen molar-refractivity contribution in [3.8, 4) is 0 Å². The van der Waals surface area contributed by atoms with Crippen molar-refractivity contribution >= 4 is 5.84 Å². The van der Waals surface area contributed by atoms with E-state index in [0.717, 1.165) is 25.9 Å². The number of unbranched alkanes of at least 4 members (excludes halogenated alkanes) is 5. The molecule has 0 radical (unpaired) electrons. The number of allylic oxidation sites excluding steroid dienone is 1. The molecule has 1 rings (SSSR count). The maximum atomic E-state index is 5.91. The van der Waals surface area contributed by atoms with Crippen LogP contribution in [0.3, 0.4) is 0 Å². The first-order chi connectivity index (χ1) is 8.25. The van der Waals surface area contributed by atoms with Crippen LogP contribution in [-0.4, -0.2) is 30.0 Å². The van der Waals surface area contributed by atoms with Gasteiger partial charge in [-0.15, -0.1) is 6.58 Å². The van der Waals surface area contributed by atoms with Crippen LogP contribution >= 0.6 is 0 Å². The standard InChI is InChI=1S/C14H27N3/c1-3-4-5-6-7-8-9-10-14-16-11-12-17(14)13(2)15/h3,13H,1,4-12,15H2,2H3. The minimum Gasteiger partial charge on any atom is -0.343 e. The molecular formula is C14H27N3. The van der Waals surface area contributed by atoms with Crippen LogP contribution in [-0.2, 0) is 0 Å². The molecule has 17 heavy (non-hydrogen) atoms. The summed E-state index contributed by atoms with van der Waals surface area (Å²) in [5, 5.41) is 0. The predicted octanol–water partition coefficient (Wildman–Crippen LogP) is 2.92. The summed E-state index contributed by atoms with van der Waals surface area (Å²) in [5.41, 5.74) is 5.91. The third-order valence-corrected chi connectivity index (χ3v) is 3.27. The first kappa shape index (κ1) is 14.2. The van der Waals surface area contributed by atoms with E-state index in [1.165, 1.54) is 37.9 Å². The minimum atomic E-state index is 0.115. The van der Waals surface area contributed by atoms with Crippen LogP contribution in [0.15, 0.2) is 17.6 Å². The fourth-order valence-electron chi connectivity index (χ4n) is 2.27. The number of amidine groups is 1. The topological polar surface area (TPSA) is 41.6 Å². The summed E-state index contributed by atoms with van der Waals surface area (Å²) in [6, 6.07) is 0. The Hall–Kier alpha value is -0.830. The Balaban J connectivity index is 2.04. The van der Waals surface area contributed by atoms with Crippen LogP contribution < -0.4 is 5.73 Å². The van der Waals surface area contributed by atoms with E-state index in [9.17, 15) is 0 Å². The van der Waals surface area contributed by atoms with E-state index < -0.39 is 0 Å². The molecular weight excluding hydrogens is 210 g/mol. The molecule has 1 atom stereocenters. The molecule has 3 nitrogen and oxygen atoms in total. The molecule has 1 aliphatic heterocycles. The predicted molar refractivity (Wildman–Crippen MR) is 75.2 cm³/mol. The second kappa shape index (κ2) is 8.29. The van der Waals surface area contributed by atoms with E-state index in [2.05, 4.69) is 16.5 Å². The summed E-state index contributed by atoms with van der Waals surface area (Å²) >= 11 is 0. The second-order valence-corrected chi connectivity index (χ2v) is 4.83. The van der Waals surface area contributed by atoms with Crippen LogP contribution in [0.1, 0.15) is 51.9 Å². The number of nitrogens with zero attached hydrogens (tertiary/aromatic N) is 2. The molecule has 1 aliphatic rings. The highest BCUT2D eigenvalue weighted by Gasteiger charge is 2.18. The molecule has 0 saturated heterocycles. The summed E-state index contributed by atoms with van der Waals surface area (Å²) in [6.45, 7) is 7.71. The number of hydrogen-bond donors (Lipinski definition) is 1. The zero-order valence-electron chi connectivity index (χ0n) is 11.2. The molecule has 1 unspecified atom stereocenters. The second-order valence-electron chi connectivity index (χ2n) is 4.83. The van der Waals surface area contributed by atoms with E-state index in [0.29, 0.717) is 0 Å². The molecule has 0 spiro atoms. The normalized spacial score (nSPS) is 17.1. The van der Waals surface area contributed by atoms with Gasteiger partial charge in [-0.05, 0) is 26.2 Å². The first-order valence-electron chi connectivity index (χ1n) is 6.92. The lowest BCUT2D eigenvalue weighted by Gasteiger charge is -2.24. The zero-order valence-corrected chi connectivity index (χ0v) is 11.2. The Labute approximate surface area is 106 Å². The minimum absolute atomic E-state index is 0.115. The van der Waals surface area contributed by atoms with E-state index >= 15 is 0 Å². The van der Waals surface area contributed by atoms with Crippen LogP contribution in [0.4, 0.5) is 0 Å². The van der Waals surface area contributed by atoms with Gasteiger partial charge in [0.25, 0.3) is 0 Å². The van der Waals surface area contributed by atoms with Crippen molar-refractivity contribution in [2.45, 2.75) is 58.0 Å². The Kier molecular flexibility index (Phi) is 6.94. The first-order valence-corrected chi connectivity index (χ1v) is 6.92. The highest BCUT2D eigenvalue weighted by atomic mass is 15.3. The van der Waals surface area contributed by atoms with Gasteiger partial charge in [-0.2, -0.15) is 0 Å². The van der Waals surface area contributed by atoms with Gasteiger partial charge >= 0.3 is 0 Å². The Morgan fingerprint density at radius 2 is 2.06 bits per heavy atom. The van der Waals surface area contributed by atoms with Crippen LogP contribution in [0.25, 0.3) is 0 Å². The van der Waals surface area contributed by atoms with Gasteiger partial charge in [0.05, 0.1) is 12.7 Å².